The minimum atomic E-state index is -0.869. The standard InChI is InChI=1S/C20H22N2O5/c1-13(27-19-11-10-15(26-2)12-18(19)22(24)25)20(23)21-17-9-5-7-14-6-3-4-8-16(14)17/h3-4,6,8,10-13,17H,5,7,9H2,1-2H3,(H,21,23)/t13-,17-/m1/s1. The zero-order valence-electron chi connectivity index (χ0n) is 15.3. The number of carbonyl (C=O) groups excluding carboxylic acids is 1. The second-order valence-electron chi connectivity index (χ2n) is 6.50. The van der Waals surface area contributed by atoms with E-state index in [1.54, 1.807) is 13.0 Å². The summed E-state index contributed by atoms with van der Waals surface area (Å²) in [5.41, 5.74) is 2.13. The number of methoxy groups -OCH3 is 1. The zero-order valence-corrected chi connectivity index (χ0v) is 15.3. The van der Waals surface area contributed by atoms with Gasteiger partial charge in [0.1, 0.15) is 5.75 Å². The number of nitro groups is 1. The van der Waals surface area contributed by atoms with Gasteiger partial charge in [-0.15, -0.1) is 0 Å². The van der Waals surface area contributed by atoms with Crippen LogP contribution < -0.4 is 14.8 Å². The van der Waals surface area contributed by atoms with E-state index in [4.69, 9.17) is 9.47 Å². The van der Waals surface area contributed by atoms with Gasteiger partial charge < -0.3 is 14.8 Å². The van der Waals surface area contributed by atoms with E-state index in [-0.39, 0.29) is 23.4 Å². The van der Waals surface area contributed by atoms with Gasteiger partial charge in [-0.25, -0.2) is 0 Å². The van der Waals surface area contributed by atoms with Crippen LogP contribution in [0.15, 0.2) is 42.5 Å². The van der Waals surface area contributed by atoms with Crippen LogP contribution in [0.1, 0.15) is 36.9 Å². The van der Waals surface area contributed by atoms with Gasteiger partial charge in [-0.1, -0.05) is 24.3 Å². The van der Waals surface area contributed by atoms with Crippen molar-refractivity contribution in [2.24, 2.45) is 0 Å². The minimum absolute atomic E-state index is 0.0347. The summed E-state index contributed by atoms with van der Waals surface area (Å²) in [6.07, 6.45) is 2.00. The Kier molecular flexibility index (Phi) is 5.59. The third kappa shape index (κ3) is 4.19. The first-order chi connectivity index (χ1) is 13.0. The molecule has 0 radical (unpaired) electrons. The van der Waals surface area contributed by atoms with Crippen LogP contribution in [-0.4, -0.2) is 24.0 Å². The molecule has 2 aromatic carbocycles. The van der Waals surface area contributed by atoms with Gasteiger partial charge in [-0.3, -0.25) is 14.9 Å². The Morgan fingerprint density at radius 1 is 1.30 bits per heavy atom. The molecule has 3 rings (SSSR count). The minimum Gasteiger partial charge on any atom is -0.496 e. The van der Waals surface area contributed by atoms with Crippen molar-refractivity contribution in [2.45, 2.75) is 38.3 Å². The summed E-state index contributed by atoms with van der Waals surface area (Å²) in [5.74, 6) is 0.0827. The predicted molar refractivity (Wildman–Crippen MR) is 100 cm³/mol. The Balaban J connectivity index is 1.71. The Morgan fingerprint density at radius 2 is 2.07 bits per heavy atom. The fraction of sp³-hybridized carbons (Fsp3) is 0.350. The number of nitro benzene ring substituents is 1. The number of fused-ring (bicyclic) bond motifs is 1. The fourth-order valence-electron chi connectivity index (χ4n) is 3.30. The number of aryl methyl sites for hydroxylation is 1. The van der Waals surface area contributed by atoms with Gasteiger partial charge in [-0.05, 0) is 49.4 Å². The van der Waals surface area contributed by atoms with E-state index < -0.39 is 11.0 Å². The maximum absolute atomic E-state index is 12.6. The maximum atomic E-state index is 12.6. The number of benzene rings is 2. The molecule has 2 aromatic rings. The SMILES string of the molecule is COc1ccc(O[C@H](C)C(=O)N[C@@H]2CCCc3ccccc32)c([N+](=O)[O-])c1. The number of rotatable bonds is 6. The molecule has 0 unspecified atom stereocenters. The summed E-state index contributed by atoms with van der Waals surface area (Å²) in [4.78, 5) is 23.3. The lowest BCUT2D eigenvalue weighted by Gasteiger charge is -2.27. The lowest BCUT2D eigenvalue weighted by atomic mass is 9.87. The van der Waals surface area contributed by atoms with Crippen LogP contribution in [0.5, 0.6) is 11.5 Å². The topological polar surface area (TPSA) is 90.7 Å². The van der Waals surface area contributed by atoms with E-state index in [1.807, 2.05) is 18.2 Å². The highest BCUT2D eigenvalue weighted by molar-refractivity contribution is 5.81. The third-order valence-electron chi connectivity index (χ3n) is 4.72. The van der Waals surface area contributed by atoms with Crippen LogP contribution in [0.4, 0.5) is 5.69 Å². The summed E-state index contributed by atoms with van der Waals surface area (Å²) in [5, 5.41) is 14.3. The molecule has 0 heterocycles. The number of nitrogens with one attached hydrogen (secondary N) is 1. The van der Waals surface area contributed by atoms with Gasteiger partial charge in [0.25, 0.3) is 5.91 Å². The average Bonchev–Trinajstić information content (AvgIpc) is 2.68. The molecule has 0 bridgehead atoms. The molecule has 1 N–H and O–H groups in total. The molecule has 1 amide bonds. The summed E-state index contributed by atoms with van der Waals surface area (Å²) < 4.78 is 10.6. The smallest absolute Gasteiger partial charge is 0.314 e. The molecule has 27 heavy (non-hydrogen) atoms. The van der Waals surface area contributed by atoms with E-state index >= 15 is 0 Å². The molecule has 1 aliphatic rings. The van der Waals surface area contributed by atoms with Gasteiger partial charge in [0.15, 0.2) is 11.9 Å². The van der Waals surface area contributed by atoms with Crippen LogP contribution in [0.2, 0.25) is 0 Å². The predicted octanol–water partition coefficient (Wildman–Crippen LogP) is 3.56. The molecule has 0 fully saturated rings. The molecule has 7 heteroatoms. The summed E-state index contributed by atoms with van der Waals surface area (Å²) in [6, 6.07) is 12.3. The van der Waals surface area contributed by atoms with E-state index in [9.17, 15) is 14.9 Å². The number of hydrogen-bond donors (Lipinski definition) is 1. The van der Waals surface area contributed by atoms with Gasteiger partial charge in [0.05, 0.1) is 24.1 Å². The second-order valence-corrected chi connectivity index (χ2v) is 6.50. The van der Waals surface area contributed by atoms with Crippen LogP contribution in [0.25, 0.3) is 0 Å². The van der Waals surface area contributed by atoms with Crippen LogP contribution >= 0.6 is 0 Å². The number of ether oxygens (including phenoxy) is 2. The normalized spacial score (nSPS) is 16.7. The second kappa shape index (κ2) is 8.07. The summed E-state index contributed by atoms with van der Waals surface area (Å²) in [7, 11) is 1.43. The molecule has 0 saturated heterocycles. The number of nitrogens with zero attached hydrogens (tertiary/aromatic N) is 1. The highest BCUT2D eigenvalue weighted by Crippen LogP contribution is 2.32. The average molecular weight is 370 g/mol. The van der Waals surface area contributed by atoms with Gasteiger partial charge in [0.2, 0.25) is 0 Å². The first-order valence-electron chi connectivity index (χ1n) is 8.87. The first-order valence-corrected chi connectivity index (χ1v) is 8.87. The number of carbonyl (C=O) groups is 1. The molecule has 142 valence electrons. The Labute approximate surface area is 157 Å². The first kappa shape index (κ1) is 18.7. The Bertz CT molecular complexity index is 852. The van der Waals surface area contributed by atoms with Crippen LogP contribution in [-0.2, 0) is 11.2 Å². The van der Waals surface area contributed by atoms with Gasteiger partial charge >= 0.3 is 5.69 Å². The van der Waals surface area contributed by atoms with E-state index in [2.05, 4.69) is 11.4 Å². The van der Waals surface area contributed by atoms with Crippen molar-refractivity contribution in [3.05, 3.63) is 63.7 Å². The molecule has 0 saturated carbocycles. The van der Waals surface area contributed by atoms with Crippen molar-refractivity contribution in [3.63, 3.8) is 0 Å². The van der Waals surface area contributed by atoms with Crippen molar-refractivity contribution in [3.8, 4) is 11.5 Å². The highest BCUT2D eigenvalue weighted by Gasteiger charge is 2.26. The fourth-order valence-corrected chi connectivity index (χ4v) is 3.30. The number of hydrogen-bond acceptors (Lipinski definition) is 5. The van der Waals surface area contributed by atoms with Gasteiger partial charge in [0, 0.05) is 0 Å². The van der Waals surface area contributed by atoms with Crippen molar-refractivity contribution in [2.75, 3.05) is 7.11 Å². The van der Waals surface area contributed by atoms with Crippen molar-refractivity contribution < 1.29 is 19.2 Å². The largest absolute Gasteiger partial charge is 0.496 e. The summed E-state index contributed by atoms with van der Waals surface area (Å²) >= 11 is 0. The lowest BCUT2D eigenvalue weighted by molar-refractivity contribution is -0.386. The van der Waals surface area contributed by atoms with Crippen molar-refractivity contribution in [1.29, 1.82) is 0 Å². The summed E-state index contributed by atoms with van der Waals surface area (Å²) in [6.45, 7) is 1.58. The molecule has 0 aliphatic heterocycles. The highest BCUT2D eigenvalue weighted by atomic mass is 16.6. The van der Waals surface area contributed by atoms with Crippen molar-refractivity contribution >= 4 is 11.6 Å². The molecule has 2 atom stereocenters. The molecule has 7 nitrogen and oxygen atoms in total. The molecular formula is C20H22N2O5. The zero-order chi connectivity index (χ0) is 19.4. The third-order valence-corrected chi connectivity index (χ3v) is 4.72. The van der Waals surface area contributed by atoms with Crippen LogP contribution in [0.3, 0.4) is 0 Å². The van der Waals surface area contributed by atoms with E-state index in [0.717, 1.165) is 24.8 Å². The quantitative estimate of drug-likeness (QED) is 0.620. The number of amides is 1. The Morgan fingerprint density at radius 3 is 2.81 bits per heavy atom. The molecule has 1 aliphatic carbocycles. The maximum Gasteiger partial charge on any atom is 0.314 e. The van der Waals surface area contributed by atoms with Crippen molar-refractivity contribution in [1.82, 2.24) is 5.32 Å². The van der Waals surface area contributed by atoms with Crippen LogP contribution in [0, 0.1) is 10.1 Å². The van der Waals surface area contributed by atoms with E-state index in [1.165, 1.54) is 24.8 Å². The molecule has 0 spiro atoms. The monoisotopic (exact) mass is 370 g/mol. The lowest BCUT2D eigenvalue weighted by Crippen LogP contribution is -2.39. The van der Waals surface area contributed by atoms with E-state index in [0.29, 0.717) is 5.75 Å². The molecular weight excluding hydrogens is 348 g/mol. The van der Waals surface area contributed by atoms with Gasteiger partial charge in [-0.2, -0.15) is 0 Å². The molecule has 0 aromatic heterocycles. The Hall–Kier alpha value is -3.09.